The van der Waals surface area contributed by atoms with Crippen LogP contribution < -0.4 is 5.32 Å². The Kier molecular flexibility index (Phi) is 10.2. The summed E-state index contributed by atoms with van der Waals surface area (Å²) in [7, 11) is 0. The SMILES string of the molecule is CC1CN([C@H]2C[C@H](OC(=O)c3ccc(N=Nc4ccccc4)cc3)[C@@H](COC(=O)c3ccc(N=Nc4ccccc4)cc3)O2)C(=O)NC1=O. The van der Waals surface area contributed by atoms with Crippen LogP contribution in [0, 0.1) is 5.92 Å². The van der Waals surface area contributed by atoms with Gasteiger partial charge in [-0.3, -0.25) is 15.0 Å². The van der Waals surface area contributed by atoms with E-state index in [1.165, 1.54) is 4.90 Å². The van der Waals surface area contributed by atoms with Gasteiger partial charge in [0.05, 0.1) is 39.8 Å². The number of carbonyl (C=O) groups is 4. The van der Waals surface area contributed by atoms with E-state index >= 15 is 0 Å². The number of imide groups is 1. The normalized spacial score (nSPS) is 20.8. The first-order valence-electron chi connectivity index (χ1n) is 15.6. The van der Waals surface area contributed by atoms with E-state index < -0.39 is 42.3 Å². The number of nitrogens with one attached hydrogen (secondary N) is 1. The zero-order valence-corrected chi connectivity index (χ0v) is 26.4. The van der Waals surface area contributed by atoms with Gasteiger partial charge in [-0.15, -0.1) is 0 Å². The van der Waals surface area contributed by atoms with E-state index in [0.29, 0.717) is 22.7 Å². The van der Waals surface area contributed by atoms with Crippen molar-refractivity contribution in [2.75, 3.05) is 13.2 Å². The molecule has 1 N–H and O–H groups in total. The number of amides is 3. The minimum Gasteiger partial charge on any atom is -0.459 e. The van der Waals surface area contributed by atoms with Gasteiger partial charge in [0.2, 0.25) is 5.91 Å². The van der Waals surface area contributed by atoms with E-state index in [1.807, 2.05) is 60.7 Å². The molecular weight excluding hydrogens is 628 g/mol. The summed E-state index contributed by atoms with van der Waals surface area (Å²) in [5.41, 5.74) is 3.01. The van der Waals surface area contributed by atoms with Crippen LogP contribution in [0.4, 0.5) is 27.5 Å². The summed E-state index contributed by atoms with van der Waals surface area (Å²) in [6.45, 7) is 1.55. The summed E-state index contributed by atoms with van der Waals surface area (Å²) in [6.07, 6.45) is -2.49. The monoisotopic (exact) mass is 660 g/mol. The van der Waals surface area contributed by atoms with Crippen LogP contribution in [-0.4, -0.2) is 60.4 Å². The predicted octanol–water partition coefficient (Wildman–Crippen LogP) is 7.20. The molecule has 2 fully saturated rings. The lowest BCUT2D eigenvalue weighted by Gasteiger charge is -2.34. The van der Waals surface area contributed by atoms with Gasteiger partial charge in [0.15, 0.2) is 0 Å². The Morgan fingerprint density at radius 3 is 1.76 bits per heavy atom. The molecule has 4 aromatic carbocycles. The third-order valence-electron chi connectivity index (χ3n) is 7.85. The molecule has 13 nitrogen and oxygen atoms in total. The van der Waals surface area contributed by atoms with Crippen LogP contribution in [0.2, 0.25) is 0 Å². The third kappa shape index (κ3) is 8.45. The molecule has 0 bridgehead atoms. The fraction of sp³-hybridized carbons (Fsp3) is 0.222. The van der Waals surface area contributed by atoms with Crippen LogP contribution in [0.1, 0.15) is 34.1 Å². The zero-order chi connectivity index (χ0) is 34.2. The van der Waals surface area contributed by atoms with Gasteiger partial charge in [-0.05, 0) is 72.8 Å². The molecule has 248 valence electrons. The molecule has 6 rings (SSSR count). The van der Waals surface area contributed by atoms with E-state index in [4.69, 9.17) is 14.2 Å². The molecular formula is C36H32N6O7. The van der Waals surface area contributed by atoms with Crippen molar-refractivity contribution < 1.29 is 33.4 Å². The quantitative estimate of drug-likeness (QED) is 0.139. The van der Waals surface area contributed by atoms with Gasteiger partial charge in [-0.1, -0.05) is 43.3 Å². The van der Waals surface area contributed by atoms with Gasteiger partial charge in [0.1, 0.15) is 25.0 Å². The Labute approximate surface area is 281 Å². The predicted molar refractivity (Wildman–Crippen MR) is 176 cm³/mol. The van der Waals surface area contributed by atoms with Crippen molar-refractivity contribution in [2.45, 2.75) is 31.8 Å². The summed E-state index contributed by atoms with van der Waals surface area (Å²) >= 11 is 0. The van der Waals surface area contributed by atoms with E-state index in [1.54, 1.807) is 55.5 Å². The molecule has 0 aromatic heterocycles. The number of nitrogens with zero attached hydrogens (tertiary/aromatic N) is 5. The van der Waals surface area contributed by atoms with Crippen molar-refractivity contribution >= 4 is 46.6 Å². The first-order valence-corrected chi connectivity index (χ1v) is 15.6. The topological polar surface area (TPSA) is 161 Å². The van der Waals surface area contributed by atoms with Gasteiger partial charge >= 0.3 is 18.0 Å². The number of hydrogen-bond donors (Lipinski definition) is 1. The molecule has 4 aromatic rings. The fourth-order valence-corrected chi connectivity index (χ4v) is 5.17. The summed E-state index contributed by atoms with van der Waals surface area (Å²) < 4.78 is 17.5. The molecule has 13 heteroatoms. The van der Waals surface area contributed by atoms with Crippen LogP contribution >= 0.6 is 0 Å². The van der Waals surface area contributed by atoms with Crippen molar-refractivity contribution in [3.8, 4) is 0 Å². The lowest BCUT2D eigenvalue weighted by molar-refractivity contribution is -0.128. The van der Waals surface area contributed by atoms with E-state index in [2.05, 4.69) is 25.8 Å². The highest BCUT2D eigenvalue weighted by Gasteiger charge is 2.45. The molecule has 2 saturated heterocycles. The molecule has 0 saturated carbocycles. The van der Waals surface area contributed by atoms with Crippen molar-refractivity contribution in [1.29, 1.82) is 0 Å². The van der Waals surface area contributed by atoms with Gasteiger partial charge in [-0.2, -0.15) is 20.5 Å². The van der Waals surface area contributed by atoms with Crippen LogP contribution in [-0.2, 0) is 19.0 Å². The first kappa shape index (κ1) is 32.8. The van der Waals surface area contributed by atoms with Crippen molar-refractivity contribution in [3.63, 3.8) is 0 Å². The molecule has 0 radical (unpaired) electrons. The molecule has 2 heterocycles. The minimum absolute atomic E-state index is 0.104. The van der Waals surface area contributed by atoms with Crippen molar-refractivity contribution in [3.05, 3.63) is 120 Å². The molecule has 0 spiro atoms. The molecule has 2 aliphatic rings. The Hall–Kier alpha value is -6.08. The summed E-state index contributed by atoms with van der Waals surface area (Å²) in [5, 5.41) is 19.0. The summed E-state index contributed by atoms with van der Waals surface area (Å²) in [5.74, 6) is -2.11. The number of urea groups is 1. The second kappa shape index (κ2) is 15.2. The molecule has 1 unspecified atom stereocenters. The average Bonchev–Trinajstić information content (AvgIpc) is 3.53. The molecule has 0 aliphatic carbocycles. The van der Waals surface area contributed by atoms with Gasteiger partial charge in [0.25, 0.3) is 0 Å². The van der Waals surface area contributed by atoms with Crippen LogP contribution in [0.5, 0.6) is 0 Å². The number of esters is 2. The second-order valence-corrected chi connectivity index (χ2v) is 11.4. The Balaban J connectivity index is 1.11. The van der Waals surface area contributed by atoms with Crippen LogP contribution in [0.15, 0.2) is 130 Å². The third-order valence-corrected chi connectivity index (χ3v) is 7.85. The number of benzene rings is 4. The Morgan fingerprint density at radius 1 is 0.735 bits per heavy atom. The molecule has 4 atom stereocenters. The minimum atomic E-state index is -0.892. The highest BCUT2D eigenvalue weighted by atomic mass is 16.6. The van der Waals surface area contributed by atoms with Gasteiger partial charge in [-0.25, -0.2) is 14.4 Å². The van der Waals surface area contributed by atoms with E-state index in [-0.39, 0.29) is 36.6 Å². The highest BCUT2D eigenvalue weighted by molar-refractivity contribution is 5.98. The Morgan fingerprint density at radius 2 is 1.22 bits per heavy atom. The van der Waals surface area contributed by atoms with Gasteiger partial charge < -0.3 is 14.2 Å². The summed E-state index contributed by atoms with van der Waals surface area (Å²) in [4.78, 5) is 52.2. The maximum Gasteiger partial charge on any atom is 0.338 e. The largest absolute Gasteiger partial charge is 0.459 e. The number of ether oxygens (including phenoxy) is 3. The number of azo groups is 2. The maximum absolute atomic E-state index is 13.2. The standard InChI is InChI=1S/C36H32N6O7/c1-23-21-42(36(46)37-33(23)43)32-20-30(49-35(45)25-14-18-29(19-15-25)41-39-27-10-6-3-7-11-27)31(48-32)22-47-34(44)24-12-16-28(17-13-24)40-38-26-8-4-2-5-9-26/h2-19,23,30-32H,20-22H2,1H3,(H,37,43,46)/t23?,30-,31+,32+/m0/s1. The number of hydrogen-bond acceptors (Lipinski definition) is 11. The second-order valence-electron chi connectivity index (χ2n) is 11.4. The molecule has 49 heavy (non-hydrogen) atoms. The number of carbonyl (C=O) groups excluding carboxylic acids is 4. The summed E-state index contributed by atoms with van der Waals surface area (Å²) in [6, 6.07) is 30.7. The first-order chi connectivity index (χ1) is 23.8. The molecule has 2 aliphatic heterocycles. The lowest BCUT2D eigenvalue weighted by atomic mass is 10.1. The fourth-order valence-electron chi connectivity index (χ4n) is 5.17. The lowest BCUT2D eigenvalue weighted by Crippen LogP contribution is -2.57. The van der Waals surface area contributed by atoms with Crippen molar-refractivity contribution in [1.82, 2.24) is 10.2 Å². The van der Waals surface area contributed by atoms with Crippen molar-refractivity contribution in [2.24, 2.45) is 26.4 Å². The highest BCUT2D eigenvalue weighted by Crippen LogP contribution is 2.30. The maximum atomic E-state index is 13.2. The van der Waals surface area contributed by atoms with E-state index in [9.17, 15) is 19.2 Å². The number of rotatable bonds is 10. The average molecular weight is 661 g/mol. The van der Waals surface area contributed by atoms with Gasteiger partial charge in [0, 0.05) is 13.0 Å². The van der Waals surface area contributed by atoms with Crippen LogP contribution in [0.3, 0.4) is 0 Å². The molecule has 3 amide bonds. The smallest absolute Gasteiger partial charge is 0.338 e. The zero-order valence-electron chi connectivity index (χ0n) is 26.4. The van der Waals surface area contributed by atoms with E-state index in [0.717, 1.165) is 0 Å². The Bertz CT molecular complexity index is 1850. The van der Waals surface area contributed by atoms with Crippen LogP contribution in [0.25, 0.3) is 0 Å².